The molecule has 1 aromatic carbocycles. The van der Waals surface area contributed by atoms with Crippen molar-refractivity contribution in [3.8, 4) is 0 Å². The lowest BCUT2D eigenvalue weighted by atomic mass is 9.89. The Labute approximate surface area is 176 Å². The molecule has 1 aliphatic carbocycles. The first-order chi connectivity index (χ1) is 13.3. The number of hydrogen-bond acceptors (Lipinski definition) is 2. The van der Waals surface area contributed by atoms with Crippen LogP contribution in [0.15, 0.2) is 55.3 Å². The summed E-state index contributed by atoms with van der Waals surface area (Å²) < 4.78 is 0. The van der Waals surface area contributed by atoms with Gasteiger partial charge in [-0.2, -0.15) is 0 Å². The number of likely N-dealkylation sites (N-methyl/N-ethyl adjacent to an activating group) is 1. The van der Waals surface area contributed by atoms with Gasteiger partial charge in [-0.25, -0.2) is 0 Å². The van der Waals surface area contributed by atoms with Crippen molar-refractivity contribution in [1.29, 1.82) is 0 Å². The van der Waals surface area contributed by atoms with Crippen LogP contribution in [0.2, 0.25) is 0 Å². The number of benzene rings is 1. The number of allylic oxidation sites excluding steroid dienone is 1. The summed E-state index contributed by atoms with van der Waals surface area (Å²) in [4.78, 5) is 2.21. The average Bonchev–Trinajstić information content (AvgIpc) is 3.12. The Balaban J connectivity index is 0.000000478. The smallest absolute Gasteiger partial charge is 0.0506 e. The maximum atomic E-state index is 4.08. The van der Waals surface area contributed by atoms with E-state index in [0.29, 0.717) is 23.9 Å². The van der Waals surface area contributed by atoms with Crippen molar-refractivity contribution in [2.75, 3.05) is 14.1 Å². The zero-order valence-corrected chi connectivity index (χ0v) is 19.8. The quantitative estimate of drug-likeness (QED) is 0.514. The number of hydrogen-bond donors (Lipinski definition) is 1. The molecule has 0 aliphatic heterocycles. The van der Waals surface area contributed by atoms with Crippen LogP contribution in [0, 0.1) is 11.8 Å². The zero-order chi connectivity index (χ0) is 21.7. The fourth-order valence-corrected chi connectivity index (χ4v) is 4.15. The highest BCUT2D eigenvalue weighted by atomic mass is 15.1. The van der Waals surface area contributed by atoms with Crippen LogP contribution in [0.25, 0.3) is 0 Å². The average molecular weight is 387 g/mol. The van der Waals surface area contributed by atoms with Crippen LogP contribution in [0.4, 0.5) is 0 Å². The first-order valence-electron chi connectivity index (χ1n) is 11.1. The van der Waals surface area contributed by atoms with E-state index in [0.717, 1.165) is 11.6 Å². The van der Waals surface area contributed by atoms with Gasteiger partial charge in [-0.05, 0) is 64.1 Å². The van der Waals surface area contributed by atoms with E-state index in [1.165, 1.54) is 24.8 Å². The summed E-state index contributed by atoms with van der Waals surface area (Å²) in [6.07, 6.45) is 6.14. The van der Waals surface area contributed by atoms with E-state index in [1.807, 2.05) is 13.8 Å². The van der Waals surface area contributed by atoms with Gasteiger partial charge in [-0.15, -0.1) is 6.58 Å². The Bertz CT molecular complexity index is 523. The molecule has 0 bridgehead atoms. The molecule has 1 fully saturated rings. The zero-order valence-electron chi connectivity index (χ0n) is 19.8. The predicted octanol–water partition coefficient (Wildman–Crippen LogP) is 6.87. The van der Waals surface area contributed by atoms with E-state index in [4.69, 9.17) is 0 Å². The number of rotatable bonds is 7. The molecular formula is C26H46N2. The second kappa shape index (κ2) is 14.5. The van der Waals surface area contributed by atoms with Crippen LogP contribution in [0.3, 0.4) is 0 Å². The van der Waals surface area contributed by atoms with Crippen molar-refractivity contribution in [2.45, 2.75) is 78.8 Å². The third-order valence-corrected chi connectivity index (χ3v) is 5.12. The topological polar surface area (TPSA) is 15.3 Å². The second-order valence-electron chi connectivity index (χ2n) is 8.32. The Hall–Kier alpha value is -1.54. The molecule has 0 radical (unpaired) electrons. The van der Waals surface area contributed by atoms with Gasteiger partial charge in [0.1, 0.15) is 0 Å². The Morgan fingerprint density at radius 3 is 2.07 bits per heavy atom. The lowest BCUT2D eigenvalue weighted by Crippen LogP contribution is -2.40. The molecule has 0 heterocycles. The van der Waals surface area contributed by atoms with Gasteiger partial charge in [0.15, 0.2) is 0 Å². The summed E-state index contributed by atoms with van der Waals surface area (Å²) in [7, 11) is 4.19. The molecule has 3 unspecified atom stereocenters. The van der Waals surface area contributed by atoms with Gasteiger partial charge >= 0.3 is 0 Å². The molecular weight excluding hydrogens is 340 g/mol. The van der Waals surface area contributed by atoms with Crippen molar-refractivity contribution in [3.05, 3.63) is 60.8 Å². The lowest BCUT2D eigenvalue weighted by Gasteiger charge is -2.31. The molecule has 0 amide bonds. The normalized spacial score (nSPS) is 19.4. The molecule has 2 rings (SSSR count). The summed E-state index contributed by atoms with van der Waals surface area (Å²) in [5.74, 6) is 2.04. The molecule has 0 saturated heterocycles. The van der Waals surface area contributed by atoms with Crippen LogP contribution in [-0.4, -0.2) is 31.1 Å². The van der Waals surface area contributed by atoms with Crippen molar-refractivity contribution in [2.24, 2.45) is 11.8 Å². The summed E-state index contributed by atoms with van der Waals surface area (Å²) in [6, 6.07) is 11.7. The Morgan fingerprint density at radius 1 is 1.07 bits per heavy atom. The van der Waals surface area contributed by atoms with Crippen molar-refractivity contribution in [1.82, 2.24) is 10.2 Å². The van der Waals surface area contributed by atoms with Crippen LogP contribution in [0.5, 0.6) is 0 Å². The van der Waals surface area contributed by atoms with Gasteiger partial charge in [-0.1, -0.05) is 77.1 Å². The molecule has 3 atom stereocenters. The highest BCUT2D eigenvalue weighted by Crippen LogP contribution is 2.39. The molecule has 1 aromatic rings. The highest BCUT2D eigenvalue weighted by Gasteiger charge is 2.25. The first kappa shape index (κ1) is 26.5. The SMILES string of the molecule is C=C(NC(C)C)C(C(C)C)N(C)C.C=CC1CCCC1c1ccccc1.CC. The van der Waals surface area contributed by atoms with E-state index in [2.05, 4.69) is 102 Å². The maximum Gasteiger partial charge on any atom is 0.0506 e. The van der Waals surface area contributed by atoms with Crippen LogP contribution >= 0.6 is 0 Å². The second-order valence-corrected chi connectivity index (χ2v) is 8.32. The van der Waals surface area contributed by atoms with E-state index in [-0.39, 0.29) is 0 Å². The lowest BCUT2D eigenvalue weighted by molar-refractivity contribution is 0.255. The monoisotopic (exact) mass is 386 g/mol. The molecule has 160 valence electrons. The van der Waals surface area contributed by atoms with Crippen molar-refractivity contribution < 1.29 is 0 Å². The molecule has 0 aromatic heterocycles. The van der Waals surface area contributed by atoms with Gasteiger partial charge in [0.2, 0.25) is 0 Å². The van der Waals surface area contributed by atoms with E-state index >= 15 is 0 Å². The fourth-order valence-electron chi connectivity index (χ4n) is 4.15. The first-order valence-corrected chi connectivity index (χ1v) is 11.1. The van der Waals surface area contributed by atoms with E-state index < -0.39 is 0 Å². The van der Waals surface area contributed by atoms with E-state index in [9.17, 15) is 0 Å². The molecule has 1 aliphatic rings. The molecule has 2 heteroatoms. The largest absolute Gasteiger partial charge is 0.385 e. The van der Waals surface area contributed by atoms with E-state index in [1.54, 1.807) is 0 Å². The predicted molar refractivity (Wildman–Crippen MR) is 128 cm³/mol. The minimum atomic E-state index is 0.419. The molecule has 0 spiro atoms. The number of nitrogens with zero attached hydrogens (tertiary/aromatic N) is 1. The molecule has 28 heavy (non-hydrogen) atoms. The fraction of sp³-hybridized carbons (Fsp3) is 0.615. The third-order valence-electron chi connectivity index (χ3n) is 5.12. The molecule has 2 nitrogen and oxygen atoms in total. The maximum absolute atomic E-state index is 4.08. The Kier molecular flexibility index (Phi) is 13.7. The van der Waals surface area contributed by atoms with Gasteiger partial charge < -0.3 is 10.2 Å². The van der Waals surface area contributed by atoms with Gasteiger partial charge in [0.05, 0.1) is 6.04 Å². The summed E-state index contributed by atoms with van der Waals surface area (Å²) in [5.41, 5.74) is 2.61. The Morgan fingerprint density at radius 2 is 1.64 bits per heavy atom. The van der Waals surface area contributed by atoms with Crippen molar-refractivity contribution >= 4 is 0 Å². The van der Waals surface area contributed by atoms with Crippen LogP contribution in [-0.2, 0) is 0 Å². The molecule has 1 saturated carbocycles. The molecule has 1 N–H and O–H groups in total. The van der Waals surface area contributed by atoms with Crippen LogP contribution < -0.4 is 5.32 Å². The van der Waals surface area contributed by atoms with Gasteiger partial charge in [0, 0.05) is 11.7 Å². The minimum absolute atomic E-state index is 0.419. The standard InChI is InChI=1S/C13H16.C11H24N2.C2H6/c1-2-11-9-6-10-13(11)12-7-4-3-5-8-12;1-8(2)11(13(6)7)10(5)12-9(3)4;1-2/h2-5,7-8,11,13H,1,6,9-10H2;8-9,11-12H,5H2,1-4,6-7H3;1-2H3. The van der Waals surface area contributed by atoms with Crippen molar-refractivity contribution in [3.63, 3.8) is 0 Å². The third kappa shape index (κ3) is 9.10. The van der Waals surface area contributed by atoms with Gasteiger partial charge in [-0.3, -0.25) is 0 Å². The minimum Gasteiger partial charge on any atom is -0.385 e. The summed E-state index contributed by atoms with van der Waals surface area (Å²) >= 11 is 0. The van der Waals surface area contributed by atoms with Gasteiger partial charge in [0.25, 0.3) is 0 Å². The highest BCUT2D eigenvalue weighted by molar-refractivity contribution is 5.22. The summed E-state index contributed by atoms with van der Waals surface area (Å²) in [5, 5.41) is 3.37. The number of nitrogens with one attached hydrogen (secondary N) is 1. The summed E-state index contributed by atoms with van der Waals surface area (Å²) in [6.45, 7) is 20.7. The van der Waals surface area contributed by atoms with Crippen LogP contribution in [0.1, 0.15) is 72.3 Å².